The molecule has 1 amide bonds. The van der Waals surface area contributed by atoms with Gasteiger partial charge in [0, 0.05) is 18.9 Å². The van der Waals surface area contributed by atoms with Crippen molar-refractivity contribution in [1.82, 2.24) is 9.78 Å². The fourth-order valence-corrected chi connectivity index (χ4v) is 2.26. The van der Waals surface area contributed by atoms with E-state index in [0.717, 1.165) is 0 Å². The first kappa shape index (κ1) is 19.0. The number of aromatic nitrogens is 2. The number of hydrogen-bond acceptors (Lipinski definition) is 5. The normalized spacial score (nSPS) is 10.8. The molecule has 0 bridgehead atoms. The molecule has 1 N–H and O–H groups in total. The van der Waals surface area contributed by atoms with Gasteiger partial charge in [-0.3, -0.25) is 9.59 Å². The maximum atomic E-state index is 12.3. The number of nitrogens with zero attached hydrogens (tertiary/aromatic N) is 2. The van der Waals surface area contributed by atoms with E-state index < -0.39 is 5.91 Å². The number of methoxy groups -OCH3 is 1. The molecule has 8 heteroatoms. The molecular weight excluding hydrogens is 346 g/mol. The molecule has 1 aromatic carbocycles. The Morgan fingerprint density at radius 3 is 2.72 bits per heavy atom. The number of benzene rings is 1. The van der Waals surface area contributed by atoms with Gasteiger partial charge in [0.15, 0.2) is 0 Å². The maximum Gasteiger partial charge on any atom is 0.276 e. The van der Waals surface area contributed by atoms with E-state index in [0.29, 0.717) is 23.1 Å². The maximum absolute atomic E-state index is 12.3. The van der Waals surface area contributed by atoms with Crippen molar-refractivity contribution in [3.63, 3.8) is 0 Å². The third-order valence-corrected chi connectivity index (χ3v) is 3.45. The highest BCUT2D eigenvalue weighted by atomic mass is 35.5. The number of nitrogens with one attached hydrogen (secondary N) is 1. The summed E-state index contributed by atoms with van der Waals surface area (Å²) in [5.41, 5.74) is 0.323. The van der Waals surface area contributed by atoms with Gasteiger partial charge in [-0.05, 0) is 38.1 Å². The summed E-state index contributed by atoms with van der Waals surface area (Å²) in [5, 5.41) is 7.13. The summed E-state index contributed by atoms with van der Waals surface area (Å²) >= 11 is 6.15. The summed E-state index contributed by atoms with van der Waals surface area (Å²) in [6.45, 7) is 4.39. The van der Waals surface area contributed by atoms with Gasteiger partial charge in [-0.15, -0.1) is 0 Å². The molecule has 2 rings (SSSR count). The van der Waals surface area contributed by atoms with Gasteiger partial charge < -0.3 is 14.8 Å². The number of amides is 1. The number of carbonyl (C=O) groups is 1. The third kappa shape index (κ3) is 5.30. The van der Waals surface area contributed by atoms with Crippen LogP contribution in [0.1, 0.15) is 24.3 Å². The molecular formula is C17H20ClN3O4. The summed E-state index contributed by atoms with van der Waals surface area (Å²) in [5.74, 6) is 0.0978. The number of carbonyl (C=O) groups excluding carboxylic acids is 1. The van der Waals surface area contributed by atoms with Gasteiger partial charge >= 0.3 is 0 Å². The van der Waals surface area contributed by atoms with Crippen molar-refractivity contribution in [2.45, 2.75) is 26.5 Å². The Morgan fingerprint density at radius 1 is 1.32 bits per heavy atom. The number of rotatable bonds is 7. The minimum atomic E-state index is -0.445. The fourth-order valence-electron chi connectivity index (χ4n) is 2.03. The minimum absolute atomic E-state index is 0.00436. The van der Waals surface area contributed by atoms with Crippen molar-refractivity contribution in [2.75, 3.05) is 19.0 Å². The van der Waals surface area contributed by atoms with E-state index in [1.807, 2.05) is 13.8 Å². The lowest BCUT2D eigenvalue weighted by molar-refractivity contribution is 0.101. The Kier molecular flexibility index (Phi) is 6.55. The van der Waals surface area contributed by atoms with Crippen LogP contribution in [0, 0.1) is 0 Å². The van der Waals surface area contributed by atoms with Gasteiger partial charge in [0.1, 0.15) is 11.4 Å². The van der Waals surface area contributed by atoms with E-state index in [-0.39, 0.29) is 23.9 Å². The van der Waals surface area contributed by atoms with Crippen LogP contribution < -0.4 is 15.6 Å². The van der Waals surface area contributed by atoms with E-state index in [4.69, 9.17) is 21.1 Å². The Morgan fingerprint density at radius 2 is 2.08 bits per heavy atom. The Hall–Kier alpha value is -2.38. The molecule has 1 heterocycles. The van der Waals surface area contributed by atoms with E-state index in [2.05, 4.69) is 10.4 Å². The van der Waals surface area contributed by atoms with E-state index in [9.17, 15) is 9.59 Å². The number of anilines is 1. The van der Waals surface area contributed by atoms with E-state index >= 15 is 0 Å². The highest BCUT2D eigenvalue weighted by molar-refractivity contribution is 6.32. The van der Waals surface area contributed by atoms with Crippen LogP contribution in [0.3, 0.4) is 0 Å². The second-order valence-electron chi connectivity index (χ2n) is 5.54. The highest BCUT2D eigenvalue weighted by Crippen LogP contribution is 2.28. The smallest absolute Gasteiger partial charge is 0.276 e. The summed E-state index contributed by atoms with van der Waals surface area (Å²) in [4.78, 5) is 24.0. The van der Waals surface area contributed by atoms with Crippen molar-refractivity contribution in [1.29, 1.82) is 0 Å². The quantitative estimate of drug-likeness (QED) is 0.815. The first-order valence-corrected chi connectivity index (χ1v) is 8.13. The molecule has 0 saturated carbocycles. The zero-order valence-electron chi connectivity index (χ0n) is 14.3. The van der Waals surface area contributed by atoms with Crippen LogP contribution in [-0.2, 0) is 11.3 Å². The summed E-state index contributed by atoms with van der Waals surface area (Å²) < 4.78 is 11.7. The van der Waals surface area contributed by atoms with Crippen LogP contribution in [0.4, 0.5) is 5.69 Å². The second kappa shape index (κ2) is 8.64. The fraction of sp³-hybridized carbons (Fsp3) is 0.353. The standard InChI is InChI=1S/C17H20ClN3O4/c1-11(2)25-15-6-4-12(10-13(15)18)19-17(23)14-5-7-16(22)21(20-14)8-9-24-3/h4-7,10-11H,8-9H2,1-3H3,(H,19,23). The third-order valence-electron chi connectivity index (χ3n) is 3.16. The topological polar surface area (TPSA) is 82.5 Å². The molecule has 0 aliphatic heterocycles. The average molecular weight is 366 g/mol. The molecule has 0 atom stereocenters. The SMILES string of the molecule is COCCn1nc(C(=O)Nc2ccc(OC(C)C)c(Cl)c2)ccc1=O. The second-order valence-corrected chi connectivity index (χ2v) is 5.95. The van der Waals surface area contributed by atoms with Crippen LogP contribution in [0.5, 0.6) is 5.75 Å². The average Bonchev–Trinajstić information content (AvgIpc) is 2.56. The Balaban J connectivity index is 2.14. The Bertz CT molecular complexity index is 805. The zero-order valence-corrected chi connectivity index (χ0v) is 15.0. The van der Waals surface area contributed by atoms with Gasteiger partial charge in [-0.1, -0.05) is 11.6 Å². The summed E-state index contributed by atoms with van der Waals surface area (Å²) in [7, 11) is 1.53. The van der Waals surface area contributed by atoms with Crippen molar-refractivity contribution in [3.05, 3.63) is 51.4 Å². The molecule has 7 nitrogen and oxygen atoms in total. The van der Waals surface area contributed by atoms with Crippen LogP contribution >= 0.6 is 11.6 Å². The zero-order chi connectivity index (χ0) is 18.4. The molecule has 0 saturated heterocycles. The van der Waals surface area contributed by atoms with E-state index in [1.165, 1.54) is 23.9 Å². The summed E-state index contributed by atoms with van der Waals surface area (Å²) in [6, 6.07) is 7.63. The lowest BCUT2D eigenvalue weighted by atomic mass is 10.2. The first-order valence-electron chi connectivity index (χ1n) is 7.75. The molecule has 1 aromatic heterocycles. The van der Waals surface area contributed by atoms with Gasteiger partial charge in [0.25, 0.3) is 11.5 Å². The number of halogens is 1. The molecule has 2 aromatic rings. The molecule has 0 spiro atoms. The monoisotopic (exact) mass is 365 g/mol. The molecule has 25 heavy (non-hydrogen) atoms. The minimum Gasteiger partial charge on any atom is -0.489 e. The van der Waals surface area contributed by atoms with Gasteiger partial charge in [0.2, 0.25) is 0 Å². The number of ether oxygens (including phenoxy) is 2. The lowest BCUT2D eigenvalue weighted by Crippen LogP contribution is -2.27. The van der Waals surface area contributed by atoms with Gasteiger partial charge in [-0.25, -0.2) is 4.68 Å². The van der Waals surface area contributed by atoms with Crippen molar-refractivity contribution < 1.29 is 14.3 Å². The Labute approximate surface area is 150 Å². The summed E-state index contributed by atoms with van der Waals surface area (Å²) in [6.07, 6.45) is -0.00436. The van der Waals surface area contributed by atoms with Crippen molar-refractivity contribution in [2.24, 2.45) is 0 Å². The predicted octanol–water partition coefficient (Wildman–Crippen LogP) is 2.58. The van der Waals surface area contributed by atoms with E-state index in [1.54, 1.807) is 18.2 Å². The van der Waals surface area contributed by atoms with Gasteiger partial charge in [-0.2, -0.15) is 5.10 Å². The molecule has 0 aliphatic rings. The predicted molar refractivity (Wildman–Crippen MR) is 95.5 cm³/mol. The van der Waals surface area contributed by atoms with Crippen LogP contribution in [0.25, 0.3) is 0 Å². The molecule has 0 unspecified atom stereocenters. The van der Waals surface area contributed by atoms with Crippen molar-refractivity contribution >= 4 is 23.2 Å². The molecule has 0 radical (unpaired) electrons. The molecule has 0 fully saturated rings. The van der Waals surface area contributed by atoms with Crippen LogP contribution in [-0.4, -0.2) is 35.5 Å². The lowest BCUT2D eigenvalue weighted by Gasteiger charge is -2.13. The first-order chi connectivity index (χ1) is 11.9. The van der Waals surface area contributed by atoms with Gasteiger partial charge in [0.05, 0.1) is 24.3 Å². The molecule has 134 valence electrons. The largest absolute Gasteiger partial charge is 0.489 e. The van der Waals surface area contributed by atoms with Crippen LogP contribution in [0.2, 0.25) is 5.02 Å². The van der Waals surface area contributed by atoms with Crippen LogP contribution in [0.15, 0.2) is 35.1 Å². The highest BCUT2D eigenvalue weighted by Gasteiger charge is 2.12. The van der Waals surface area contributed by atoms with Crippen molar-refractivity contribution in [3.8, 4) is 5.75 Å². The molecule has 0 aliphatic carbocycles. The number of hydrogen-bond donors (Lipinski definition) is 1.